The van der Waals surface area contributed by atoms with Crippen molar-refractivity contribution in [2.75, 3.05) is 20.1 Å². The molecule has 1 fully saturated rings. The minimum Gasteiger partial charge on any atom is -0.352 e. The van der Waals surface area contributed by atoms with E-state index < -0.39 is 0 Å². The molecule has 0 aromatic rings. The first-order valence-electron chi connectivity index (χ1n) is 6.08. The quantitative estimate of drug-likeness (QED) is 0.653. The number of amides is 1. The van der Waals surface area contributed by atoms with E-state index in [0.29, 0.717) is 6.04 Å². The van der Waals surface area contributed by atoms with Crippen molar-refractivity contribution in [3.05, 3.63) is 12.2 Å². The number of hydrogen-bond donors (Lipinski definition) is 2. The number of rotatable bonds is 2. The fourth-order valence-electron chi connectivity index (χ4n) is 2.51. The van der Waals surface area contributed by atoms with Crippen molar-refractivity contribution in [3.63, 3.8) is 0 Å². The molecule has 3 atom stereocenters. The second-order valence-electron chi connectivity index (χ2n) is 5.00. The van der Waals surface area contributed by atoms with E-state index in [1.165, 1.54) is 6.42 Å². The third-order valence-electron chi connectivity index (χ3n) is 3.42. The highest BCUT2D eigenvalue weighted by atomic mass is 16.1. The molecule has 1 aliphatic heterocycles. The molecular formula is C12H21N3O. The van der Waals surface area contributed by atoms with Gasteiger partial charge in [-0.3, -0.25) is 4.79 Å². The molecule has 0 aromatic heterocycles. The topological polar surface area (TPSA) is 58.4 Å². The molecule has 2 aliphatic rings. The molecule has 90 valence electrons. The highest BCUT2D eigenvalue weighted by molar-refractivity contribution is 5.81. The molecule has 0 spiro atoms. The Hall–Kier alpha value is -0.870. The van der Waals surface area contributed by atoms with Crippen LogP contribution in [0.5, 0.6) is 0 Å². The van der Waals surface area contributed by atoms with E-state index in [9.17, 15) is 4.79 Å². The predicted octanol–water partition coefficient (Wildman–Crippen LogP) is 0.100. The van der Waals surface area contributed by atoms with Gasteiger partial charge in [-0.2, -0.15) is 0 Å². The summed E-state index contributed by atoms with van der Waals surface area (Å²) in [6.45, 7) is 2.11. The van der Waals surface area contributed by atoms with Crippen LogP contribution in [0.4, 0.5) is 0 Å². The van der Waals surface area contributed by atoms with Crippen LogP contribution < -0.4 is 11.1 Å². The van der Waals surface area contributed by atoms with Crippen LogP contribution in [0.1, 0.15) is 19.3 Å². The van der Waals surface area contributed by atoms with Crippen LogP contribution in [0.25, 0.3) is 0 Å². The molecule has 3 N–H and O–H groups in total. The lowest BCUT2D eigenvalue weighted by atomic mass is 10.0. The van der Waals surface area contributed by atoms with Crippen LogP contribution in [-0.2, 0) is 4.79 Å². The van der Waals surface area contributed by atoms with E-state index in [1.54, 1.807) is 0 Å². The number of carbonyl (C=O) groups excluding carboxylic acids is 1. The Balaban J connectivity index is 1.80. The molecule has 4 heteroatoms. The second-order valence-corrected chi connectivity index (χ2v) is 5.00. The number of nitrogens with zero attached hydrogens (tertiary/aromatic N) is 1. The van der Waals surface area contributed by atoms with E-state index in [1.807, 2.05) is 12.2 Å². The third kappa shape index (κ3) is 2.83. The summed E-state index contributed by atoms with van der Waals surface area (Å²) < 4.78 is 0. The molecule has 3 unspecified atom stereocenters. The summed E-state index contributed by atoms with van der Waals surface area (Å²) in [5.74, 6) is 0.131. The van der Waals surface area contributed by atoms with Crippen molar-refractivity contribution in [3.8, 4) is 0 Å². The van der Waals surface area contributed by atoms with Crippen molar-refractivity contribution in [1.82, 2.24) is 10.2 Å². The van der Waals surface area contributed by atoms with Gasteiger partial charge in [0, 0.05) is 18.6 Å². The third-order valence-corrected chi connectivity index (χ3v) is 3.42. The van der Waals surface area contributed by atoms with Crippen LogP contribution in [0, 0.1) is 5.92 Å². The molecule has 0 aromatic carbocycles. The molecule has 1 saturated heterocycles. The average Bonchev–Trinajstić information content (AvgIpc) is 2.65. The fourth-order valence-corrected chi connectivity index (χ4v) is 2.51. The second kappa shape index (κ2) is 4.97. The summed E-state index contributed by atoms with van der Waals surface area (Å²) in [5, 5.41) is 3.12. The zero-order valence-electron chi connectivity index (χ0n) is 9.86. The first-order chi connectivity index (χ1) is 7.65. The van der Waals surface area contributed by atoms with Gasteiger partial charge in [0.2, 0.25) is 5.91 Å². The molecule has 2 rings (SSSR count). The van der Waals surface area contributed by atoms with Gasteiger partial charge in [0.1, 0.15) is 0 Å². The Labute approximate surface area is 96.9 Å². The van der Waals surface area contributed by atoms with E-state index in [0.717, 1.165) is 25.9 Å². The Morgan fingerprint density at radius 3 is 2.94 bits per heavy atom. The fraction of sp³-hybridized carbons (Fsp3) is 0.750. The van der Waals surface area contributed by atoms with Gasteiger partial charge in [-0.15, -0.1) is 0 Å². The summed E-state index contributed by atoms with van der Waals surface area (Å²) >= 11 is 0. The van der Waals surface area contributed by atoms with Crippen LogP contribution >= 0.6 is 0 Å². The molecule has 1 aliphatic carbocycles. The largest absolute Gasteiger partial charge is 0.352 e. The van der Waals surface area contributed by atoms with Gasteiger partial charge in [0.05, 0.1) is 5.92 Å². The minimum atomic E-state index is -0.0118. The van der Waals surface area contributed by atoms with Gasteiger partial charge in [0.15, 0.2) is 0 Å². The highest BCUT2D eigenvalue weighted by Gasteiger charge is 2.26. The van der Waals surface area contributed by atoms with Gasteiger partial charge in [0.25, 0.3) is 0 Å². The van der Waals surface area contributed by atoms with Crippen molar-refractivity contribution in [2.24, 2.45) is 11.7 Å². The number of piperidine rings is 1. The van der Waals surface area contributed by atoms with Gasteiger partial charge in [-0.05, 0) is 32.9 Å². The molecule has 0 saturated carbocycles. The zero-order valence-corrected chi connectivity index (χ0v) is 9.86. The summed E-state index contributed by atoms with van der Waals surface area (Å²) in [5.41, 5.74) is 5.74. The SMILES string of the molecule is CN1CCCC(NC(=O)C2C=CC(N)C2)C1. The van der Waals surface area contributed by atoms with Gasteiger partial charge < -0.3 is 16.0 Å². The van der Waals surface area contributed by atoms with E-state index >= 15 is 0 Å². The maximum Gasteiger partial charge on any atom is 0.227 e. The molecule has 0 radical (unpaired) electrons. The Kier molecular flexibility index (Phi) is 3.61. The lowest BCUT2D eigenvalue weighted by Gasteiger charge is -2.30. The highest BCUT2D eigenvalue weighted by Crippen LogP contribution is 2.17. The summed E-state index contributed by atoms with van der Waals surface area (Å²) in [7, 11) is 2.10. The van der Waals surface area contributed by atoms with E-state index in [4.69, 9.17) is 5.73 Å². The van der Waals surface area contributed by atoms with Gasteiger partial charge >= 0.3 is 0 Å². The Morgan fingerprint density at radius 2 is 2.31 bits per heavy atom. The first kappa shape index (κ1) is 11.6. The van der Waals surface area contributed by atoms with Crippen LogP contribution in [0.3, 0.4) is 0 Å². The predicted molar refractivity (Wildman–Crippen MR) is 63.9 cm³/mol. The first-order valence-corrected chi connectivity index (χ1v) is 6.08. The maximum absolute atomic E-state index is 11.9. The lowest BCUT2D eigenvalue weighted by Crippen LogP contribution is -2.47. The summed E-state index contributed by atoms with van der Waals surface area (Å²) in [6.07, 6.45) is 6.89. The number of nitrogens with one attached hydrogen (secondary N) is 1. The Morgan fingerprint density at radius 1 is 1.50 bits per heavy atom. The zero-order chi connectivity index (χ0) is 11.5. The van der Waals surface area contributed by atoms with Crippen molar-refractivity contribution in [2.45, 2.75) is 31.3 Å². The number of hydrogen-bond acceptors (Lipinski definition) is 3. The van der Waals surface area contributed by atoms with Crippen molar-refractivity contribution in [1.29, 1.82) is 0 Å². The van der Waals surface area contributed by atoms with Crippen LogP contribution in [0.15, 0.2) is 12.2 Å². The molecule has 0 bridgehead atoms. The average molecular weight is 223 g/mol. The van der Waals surface area contributed by atoms with Crippen molar-refractivity contribution < 1.29 is 4.79 Å². The number of likely N-dealkylation sites (tertiary alicyclic amines) is 1. The lowest BCUT2D eigenvalue weighted by molar-refractivity contribution is -0.124. The van der Waals surface area contributed by atoms with Crippen LogP contribution in [-0.4, -0.2) is 43.0 Å². The molecule has 1 heterocycles. The monoisotopic (exact) mass is 223 g/mol. The Bertz CT molecular complexity index is 290. The van der Waals surface area contributed by atoms with Crippen molar-refractivity contribution >= 4 is 5.91 Å². The number of carbonyl (C=O) groups is 1. The number of nitrogens with two attached hydrogens (primary N) is 1. The molecule has 16 heavy (non-hydrogen) atoms. The molecule has 1 amide bonds. The minimum absolute atomic E-state index is 0.0118. The summed E-state index contributed by atoms with van der Waals surface area (Å²) in [6, 6.07) is 0.376. The van der Waals surface area contributed by atoms with Crippen LogP contribution in [0.2, 0.25) is 0 Å². The molecular weight excluding hydrogens is 202 g/mol. The van der Waals surface area contributed by atoms with Gasteiger partial charge in [-0.1, -0.05) is 12.2 Å². The smallest absolute Gasteiger partial charge is 0.227 e. The van der Waals surface area contributed by atoms with Gasteiger partial charge in [-0.25, -0.2) is 0 Å². The normalized spacial score (nSPS) is 35.2. The van der Waals surface area contributed by atoms with E-state index in [-0.39, 0.29) is 17.9 Å². The molecule has 4 nitrogen and oxygen atoms in total. The standard InChI is InChI=1S/C12H21N3O/c1-15-6-2-3-11(8-15)14-12(16)9-4-5-10(13)7-9/h4-5,9-11H,2-3,6-8,13H2,1H3,(H,14,16). The summed E-state index contributed by atoms with van der Waals surface area (Å²) in [4.78, 5) is 14.2. The van der Waals surface area contributed by atoms with E-state index in [2.05, 4.69) is 17.3 Å². The number of likely N-dealkylation sites (N-methyl/N-ethyl adjacent to an activating group) is 1. The maximum atomic E-state index is 11.9.